The molecule has 1 fully saturated rings. The molecule has 11 nitrogen and oxygen atoms in total. The number of Topliss-reactive ketones (excluding diaryl/α,β-unsaturated/α-hetero) is 2. The molecule has 1 saturated carbocycles. The number of aliphatic hydroxyl groups excluding tert-OH is 2. The molecule has 0 saturated heterocycles. The molecular formula is C25H27ClN2O9. The summed E-state index contributed by atoms with van der Waals surface area (Å²) in [5, 5.41) is 44.7. The van der Waals surface area contributed by atoms with E-state index < -0.39 is 87.4 Å². The van der Waals surface area contributed by atoms with Crippen molar-refractivity contribution >= 4 is 40.8 Å². The molecule has 0 spiro atoms. The number of nitrogens with two attached hydrogens (primary N) is 1. The van der Waals surface area contributed by atoms with Crippen molar-refractivity contribution in [2.75, 3.05) is 14.1 Å². The van der Waals surface area contributed by atoms with Gasteiger partial charge in [0.1, 0.15) is 28.9 Å². The molecule has 6 N–H and O–H groups in total. The Morgan fingerprint density at radius 1 is 1.19 bits per heavy atom. The lowest BCUT2D eigenvalue weighted by Gasteiger charge is -2.54. The van der Waals surface area contributed by atoms with Crippen molar-refractivity contribution in [3.8, 4) is 5.75 Å². The smallest absolute Gasteiger partial charge is 0.305 e. The molecule has 1 aromatic carbocycles. The van der Waals surface area contributed by atoms with Crippen LogP contribution in [-0.2, 0) is 23.9 Å². The van der Waals surface area contributed by atoms with Gasteiger partial charge >= 0.3 is 5.97 Å². The van der Waals surface area contributed by atoms with Crippen LogP contribution in [0.3, 0.4) is 0 Å². The molecule has 3 aliphatic carbocycles. The van der Waals surface area contributed by atoms with Crippen LogP contribution in [0.4, 0.5) is 0 Å². The number of benzene rings is 1. The summed E-state index contributed by atoms with van der Waals surface area (Å²) in [6, 6.07) is 1.52. The quantitative estimate of drug-likeness (QED) is 0.276. The molecule has 4 rings (SSSR count). The Bertz CT molecular complexity index is 1320. The molecule has 0 bridgehead atoms. The highest BCUT2D eigenvalue weighted by Gasteiger charge is 2.69. The highest BCUT2D eigenvalue weighted by atomic mass is 35.5. The van der Waals surface area contributed by atoms with Gasteiger partial charge in [-0.2, -0.15) is 0 Å². The van der Waals surface area contributed by atoms with Crippen molar-refractivity contribution in [2.45, 2.75) is 43.9 Å². The number of ketones is 2. The monoisotopic (exact) mass is 534 g/mol. The first-order valence-electron chi connectivity index (χ1n) is 11.6. The number of nitrogens with zero attached hydrogens (tertiary/aromatic N) is 1. The summed E-state index contributed by atoms with van der Waals surface area (Å²) in [5.74, 6) is -10.2. The SMILES string of the molecule is CCC(=O)O[C@H]1[C@H]2C(=C(O)c3c(ccc(Cl)c3O)[C@@H]2C)C(=O)[C@]2(O)C(O)=C(C(N)=O)C(=O)[C@@H](N(C)C)[C@H]12. The van der Waals surface area contributed by atoms with Gasteiger partial charge in [0.2, 0.25) is 5.78 Å². The summed E-state index contributed by atoms with van der Waals surface area (Å²) in [5.41, 5.74) is 1.17. The maximum Gasteiger partial charge on any atom is 0.305 e. The second-order valence-electron chi connectivity index (χ2n) is 9.73. The number of primary amides is 1. The molecule has 6 atom stereocenters. The van der Waals surface area contributed by atoms with E-state index in [2.05, 4.69) is 0 Å². The second kappa shape index (κ2) is 8.86. The van der Waals surface area contributed by atoms with Gasteiger partial charge in [-0.1, -0.05) is 31.5 Å². The Morgan fingerprint density at radius 3 is 2.35 bits per heavy atom. The fourth-order valence-corrected chi connectivity index (χ4v) is 6.10. The first-order chi connectivity index (χ1) is 17.2. The zero-order valence-corrected chi connectivity index (χ0v) is 21.2. The van der Waals surface area contributed by atoms with Crippen molar-refractivity contribution in [3.63, 3.8) is 0 Å². The lowest BCUT2D eigenvalue weighted by Crippen LogP contribution is -2.71. The zero-order chi connectivity index (χ0) is 27.7. The van der Waals surface area contributed by atoms with E-state index in [0.717, 1.165) is 0 Å². The van der Waals surface area contributed by atoms with Crippen LogP contribution in [0, 0.1) is 11.8 Å². The van der Waals surface area contributed by atoms with Gasteiger partial charge in [-0.3, -0.25) is 24.1 Å². The summed E-state index contributed by atoms with van der Waals surface area (Å²) in [6.45, 7) is 3.18. The van der Waals surface area contributed by atoms with Crippen molar-refractivity contribution in [3.05, 3.63) is 45.2 Å². The third-order valence-electron chi connectivity index (χ3n) is 7.61. The average Bonchev–Trinajstić information content (AvgIpc) is 2.82. The Hall–Kier alpha value is -3.41. The van der Waals surface area contributed by atoms with E-state index in [1.165, 1.54) is 38.1 Å². The number of phenolic OH excluding ortho intramolecular Hbond substituents is 1. The Kier molecular flexibility index (Phi) is 6.38. The average molecular weight is 535 g/mol. The van der Waals surface area contributed by atoms with Gasteiger partial charge in [0, 0.05) is 17.9 Å². The predicted molar refractivity (Wildman–Crippen MR) is 130 cm³/mol. The second-order valence-corrected chi connectivity index (χ2v) is 10.1. The van der Waals surface area contributed by atoms with Gasteiger partial charge in [0.15, 0.2) is 11.4 Å². The Morgan fingerprint density at radius 2 is 1.81 bits per heavy atom. The number of hydrogen-bond donors (Lipinski definition) is 5. The van der Waals surface area contributed by atoms with Crippen molar-refractivity contribution in [1.82, 2.24) is 4.90 Å². The molecule has 1 amide bonds. The van der Waals surface area contributed by atoms with Gasteiger partial charge in [-0.05, 0) is 31.6 Å². The molecular weight excluding hydrogens is 508 g/mol. The molecule has 1 aromatic rings. The summed E-state index contributed by atoms with van der Waals surface area (Å²) >= 11 is 6.04. The van der Waals surface area contributed by atoms with Crippen LogP contribution in [0.25, 0.3) is 5.76 Å². The first kappa shape index (κ1) is 26.6. The maximum atomic E-state index is 14.0. The minimum atomic E-state index is -2.98. The van der Waals surface area contributed by atoms with E-state index in [1.54, 1.807) is 6.92 Å². The van der Waals surface area contributed by atoms with Gasteiger partial charge in [-0.25, -0.2) is 0 Å². The molecule has 0 aromatic heterocycles. The number of ether oxygens (including phenoxy) is 1. The van der Waals surface area contributed by atoms with E-state index in [4.69, 9.17) is 22.1 Å². The Labute approximate surface area is 216 Å². The fraction of sp³-hybridized carbons (Fsp3) is 0.440. The number of esters is 1. The van der Waals surface area contributed by atoms with Crippen LogP contribution >= 0.6 is 11.6 Å². The number of rotatable bonds is 4. The standard InChI is InChI=1S/C25H27ClN2O9/c1-5-11(29)37-21-12-8(2)9-6-7-10(26)18(30)13(9)19(31)14(12)22(33)25(36)16(21)17(28(3)4)20(32)15(23(25)34)24(27)35/h6-8,12,16-17,21,30-31,34,36H,5H2,1-4H3,(H2,27,35)/t8-,12+,16+,17-,21-,25-/m0/s1. The summed E-state index contributed by atoms with van der Waals surface area (Å²) in [4.78, 5) is 53.5. The van der Waals surface area contributed by atoms with Crippen LogP contribution in [0.5, 0.6) is 5.75 Å². The largest absolute Gasteiger partial charge is 0.508 e. The van der Waals surface area contributed by atoms with Crippen LogP contribution in [0.2, 0.25) is 5.02 Å². The normalized spacial score (nSPS) is 31.2. The summed E-state index contributed by atoms with van der Waals surface area (Å²) in [7, 11) is 2.91. The van der Waals surface area contributed by atoms with Gasteiger partial charge in [-0.15, -0.1) is 0 Å². The van der Waals surface area contributed by atoms with Gasteiger partial charge < -0.3 is 30.9 Å². The molecule has 198 valence electrons. The highest BCUT2D eigenvalue weighted by Crippen LogP contribution is 2.57. The fourth-order valence-electron chi connectivity index (χ4n) is 5.94. The van der Waals surface area contributed by atoms with Crippen molar-refractivity contribution in [1.29, 1.82) is 0 Å². The number of amides is 1. The number of carbonyl (C=O) groups excluding carboxylic acids is 4. The molecule has 37 heavy (non-hydrogen) atoms. The highest BCUT2D eigenvalue weighted by molar-refractivity contribution is 6.32. The minimum absolute atomic E-state index is 0.0936. The molecule has 12 heteroatoms. The van der Waals surface area contributed by atoms with Crippen molar-refractivity contribution in [2.24, 2.45) is 17.6 Å². The van der Waals surface area contributed by atoms with E-state index in [9.17, 15) is 39.6 Å². The topological polar surface area (TPSA) is 188 Å². The summed E-state index contributed by atoms with van der Waals surface area (Å²) in [6.07, 6.45) is -1.52. The number of carbonyl (C=O) groups is 4. The van der Waals surface area contributed by atoms with Gasteiger partial charge in [0.25, 0.3) is 5.91 Å². The molecule has 3 aliphatic rings. The first-order valence-corrected chi connectivity index (χ1v) is 11.9. The third-order valence-corrected chi connectivity index (χ3v) is 7.91. The lowest BCUT2D eigenvalue weighted by molar-refractivity contribution is -0.185. The zero-order valence-electron chi connectivity index (χ0n) is 20.5. The molecule has 0 aliphatic heterocycles. The number of aromatic hydroxyl groups is 1. The lowest BCUT2D eigenvalue weighted by atomic mass is 9.54. The molecule has 0 unspecified atom stereocenters. The Balaban J connectivity index is 2.12. The molecule has 0 heterocycles. The number of aliphatic hydroxyl groups is 3. The van der Waals surface area contributed by atoms with Crippen molar-refractivity contribution < 1.29 is 44.3 Å². The van der Waals surface area contributed by atoms with E-state index in [1.807, 2.05) is 0 Å². The van der Waals surface area contributed by atoms with Crippen LogP contribution in [-0.4, -0.2) is 80.6 Å². The number of hydrogen-bond acceptors (Lipinski definition) is 10. The van der Waals surface area contributed by atoms with Crippen LogP contribution in [0.1, 0.15) is 37.3 Å². The number of fused-ring (bicyclic) bond motifs is 3. The summed E-state index contributed by atoms with van der Waals surface area (Å²) < 4.78 is 5.74. The van der Waals surface area contributed by atoms with Gasteiger partial charge in [0.05, 0.1) is 22.5 Å². The minimum Gasteiger partial charge on any atom is -0.508 e. The van der Waals surface area contributed by atoms with E-state index >= 15 is 0 Å². The van der Waals surface area contributed by atoms with E-state index in [-0.39, 0.29) is 17.0 Å². The predicted octanol–water partition coefficient (Wildman–Crippen LogP) is 1.11. The third kappa shape index (κ3) is 3.48. The van der Waals surface area contributed by atoms with Crippen LogP contribution in [0.15, 0.2) is 29.0 Å². The van der Waals surface area contributed by atoms with Crippen LogP contribution < -0.4 is 5.73 Å². The van der Waals surface area contributed by atoms with E-state index in [0.29, 0.717) is 5.56 Å². The maximum absolute atomic E-state index is 14.0. The number of phenols is 1. The number of halogens is 1. The number of likely N-dealkylation sites (N-methyl/N-ethyl adjacent to an activating group) is 1. The molecule has 0 radical (unpaired) electrons.